The minimum Gasteiger partial charge on any atom is -0.478 e. The van der Waals surface area contributed by atoms with Crippen LogP contribution in [0, 0.1) is 0 Å². The summed E-state index contributed by atoms with van der Waals surface area (Å²) >= 11 is 0. The van der Waals surface area contributed by atoms with Crippen LogP contribution in [0.5, 0.6) is 0 Å². The largest absolute Gasteiger partial charge is 0.478 e. The van der Waals surface area contributed by atoms with Crippen LogP contribution < -0.4 is 0 Å². The Labute approximate surface area is 111 Å². The Bertz CT molecular complexity index is 612. The first-order valence-corrected chi connectivity index (χ1v) is 6.54. The average Bonchev–Trinajstić information content (AvgIpc) is 2.82. The van der Waals surface area contributed by atoms with Gasteiger partial charge in [-0.25, -0.2) is 9.78 Å². The summed E-state index contributed by atoms with van der Waals surface area (Å²) in [5, 5.41) is 9.08. The van der Waals surface area contributed by atoms with Crippen LogP contribution in [0.1, 0.15) is 34.9 Å². The van der Waals surface area contributed by atoms with E-state index in [4.69, 9.17) is 5.11 Å². The number of rotatable bonds is 2. The number of likely N-dealkylation sites (tertiary alicyclic amines) is 1. The molecule has 3 rings (SSSR count). The van der Waals surface area contributed by atoms with Gasteiger partial charge in [0.2, 0.25) is 0 Å². The molecule has 0 amide bonds. The summed E-state index contributed by atoms with van der Waals surface area (Å²) in [5.74, 6) is 0.513. The Hall–Kier alpha value is -1.88. The summed E-state index contributed by atoms with van der Waals surface area (Å²) in [6.45, 7) is 2.14. The Morgan fingerprint density at radius 1 is 1.37 bits per heavy atom. The molecule has 0 spiro atoms. The number of carbonyl (C=O) groups is 1. The highest BCUT2D eigenvalue weighted by atomic mass is 16.4. The lowest BCUT2D eigenvalue weighted by molar-refractivity contribution is 0.0696. The van der Waals surface area contributed by atoms with Crippen LogP contribution in [0.2, 0.25) is 0 Å². The van der Waals surface area contributed by atoms with Crippen molar-refractivity contribution in [2.45, 2.75) is 18.8 Å². The number of hydrogen-bond acceptors (Lipinski definition) is 3. The summed E-state index contributed by atoms with van der Waals surface area (Å²) in [7, 11) is 2.13. The minimum absolute atomic E-state index is 0.305. The molecule has 0 radical (unpaired) electrons. The predicted octanol–water partition coefficient (Wildman–Crippen LogP) is 1.84. The molecule has 5 nitrogen and oxygen atoms in total. The number of aromatic carboxylic acids is 1. The fourth-order valence-electron chi connectivity index (χ4n) is 2.71. The van der Waals surface area contributed by atoms with Gasteiger partial charge in [0.15, 0.2) is 0 Å². The number of carboxylic acid groups (broad SMARTS) is 1. The van der Waals surface area contributed by atoms with E-state index in [1.165, 1.54) is 0 Å². The molecular weight excluding hydrogens is 242 g/mol. The number of fused-ring (bicyclic) bond motifs is 1. The summed E-state index contributed by atoms with van der Waals surface area (Å²) < 4.78 is 1.93. The van der Waals surface area contributed by atoms with E-state index in [1.54, 1.807) is 12.3 Å². The molecule has 3 heterocycles. The van der Waals surface area contributed by atoms with Crippen molar-refractivity contribution in [3.05, 3.63) is 35.9 Å². The van der Waals surface area contributed by atoms with E-state index in [0.717, 1.165) is 37.3 Å². The molecule has 1 saturated heterocycles. The molecule has 2 aromatic rings. The molecule has 0 aliphatic carbocycles. The van der Waals surface area contributed by atoms with Crippen molar-refractivity contribution in [3.8, 4) is 0 Å². The molecule has 0 bridgehead atoms. The Morgan fingerprint density at radius 3 is 2.79 bits per heavy atom. The van der Waals surface area contributed by atoms with Gasteiger partial charge in [-0.2, -0.15) is 0 Å². The van der Waals surface area contributed by atoms with Crippen molar-refractivity contribution >= 4 is 11.5 Å². The molecular formula is C14H17N3O2. The Kier molecular flexibility index (Phi) is 2.98. The maximum Gasteiger partial charge on any atom is 0.337 e. The van der Waals surface area contributed by atoms with Crippen LogP contribution in [-0.4, -0.2) is 45.5 Å². The molecule has 0 atom stereocenters. The number of pyridine rings is 1. The van der Waals surface area contributed by atoms with Gasteiger partial charge in [0.05, 0.1) is 17.3 Å². The predicted molar refractivity (Wildman–Crippen MR) is 71.6 cm³/mol. The van der Waals surface area contributed by atoms with E-state index in [1.807, 2.05) is 16.7 Å². The molecule has 0 aromatic carbocycles. The quantitative estimate of drug-likeness (QED) is 0.894. The van der Waals surface area contributed by atoms with E-state index in [2.05, 4.69) is 16.9 Å². The summed E-state index contributed by atoms with van der Waals surface area (Å²) in [5.41, 5.74) is 1.26. The van der Waals surface area contributed by atoms with E-state index in [0.29, 0.717) is 11.5 Å². The normalized spacial score (nSPS) is 17.9. The maximum absolute atomic E-state index is 11.1. The van der Waals surface area contributed by atoms with Crippen LogP contribution in [0.4, 0.5) is 0 Å². The third-order valence-corrected chi connectivity index (χ3v) is 3.89. The molecule has 2 aromatic heterocycles. The third-order valence-electron chi connectivity index (χ3n) is 3.89. The fraction of sp³-hybridized carbons (Fsp3) is 0.429. The van der Waals surface area contributed by atoms with Gasteiger partial charge in [-0.1, -0.05) is 0 Å². The zero-order valence-corrected chi connectivity index (χ0v) is 10.9. The fourth-order valence-corrected chi connectivity index (χ4v) is 2.71. The van der Waals surface area contributed by atoms with Crippen LogP contribution in [0.3, 0.4) is 0 Å². The molecule has 1 aliphatic heterocycles. The van der Waals surface area contributed by atoms with Crippen LogP contribution >= 0.6 is 0 Å². The summed E-state index contributed by atoms with van der Waals surface area (Å²) in [6.07, 6.45) is 5.65. The van der Waals surface area contributed by atoms with Crippen molar-refractivity contribution in [2.24, 2.45) is 0 Å². The zero-order valence-electron chi connectivity index (χ0n) is 10.9. The van der Waals surface area contributed by atoms with Crippen molar-refractivity contribution in [1.82, 2.24) is 14.3 Å². The number of nitrogens with zero attached hydrogens (tertiary/aromatic N) is 3. The van der Waals surface area contributed by atoms with E-state index in [9.17, 15) is 4.79 Å². The van der Waals surface area contributed by atoms with Gasteiger partial charge in [0, 0.05) is 12.1 Å². The van der Waals surface area contributed by atoms with Gasteiger partial charge in [-0.15, -0.1) is 0 Å². The van der Waals surface area contributed by atoms with Crippen LogP contribution in [-0.2, 0) is 0 Å². The van der Waals surface area contributed by atoms with Crippen LogP contribution in [0.25, 0.3) is 5.52 Å². The van der Waals surface area contributed by atoms with Crippen molar-refractivity contribution in [2.75, 3.05) is 20.1 Å². The minimum atomic E-state index is -0.898. The van der Waals surface area contributed by atoms with Gasteiger partial charge in [0.1, 0.15) is 5.82 Å². The SMILES string of the molecule is CN1CCC(c2ncc3ccc(C(=O)O)cn23)CC1. The second-order valence-electron chi connectivity index (χ2n) is 5.21. The Balaban J connectivity index is 1.99. The highest BCUT2D eigenvalue weighted by Crippen LogP contribution is 2.27. The molecule has 19 heavy (non-hydrogen) atoms. The average molecular weight is 259 g/mol. The number of piperidine rings is 1. The first-order chi connectivity index (χ1) is 9.15. The summed E-state index contributed by atoms with van der Waals surface area (Å²) in [4.78, 5) is 17.9. The van der Waals surface area contributed by atoms with Crippen molar-refractivity contribution < 1.29 is 9.90 Å². The lowest BCUT2D eigenvalue weighted by atomic mass is 9.96. The second-order valence-corrected chi connectivity index (χ2v) is 5.21. The first kappa shape index (κ1) is 12.2. The number of carboxylic acids is 1. The topological polar surface area (TPSA) is 57.8 Å². The van der Waals surface area contributed by atoms with Crippen molar-refractivity contribution in [3.63, 3.8) is 0 Å². The second kappa shape index (κ2) is 4.66. The maximum atomic E-state index is 11.1. The smallest absolute Gasteiger partial charge is 0.337 e. The first-order valence-electron chi connectivity index (χ1n) is 6.54. The van der Waals surface area contributed by atoms with E-state index < -0.39 is 5.97 Å². The molecule has 1 N–H and O–H groups in total. The molecule has 0 saturated carbocycles. The van der Waals surface area contributed by atoms with Gasteiger partial charge in [0.25, 0.3) is 0 Å². The van der Waals surface area contributed by atoms with Gasteiger partial charge in [-0.3, -0.25) is 0 Å². The lowest BCUT2D eigenvalue weighted by Crippen LogP contribution is -2.29. The molecule has 5 heteroatoms. The molecule has 1 fully saturated rings. The van der Waals surface area contributed by atoms with E-state index >= 15 is 0 Å². The lowest BCUT2D eigenvalue weighted by Gasteiger charge is -2.28. The van der Waals surface area contributed by atoms with Crippen LogP contribution in [0.15, 0.2) is 24.5 Å². The van der Waals surface area contributed by atoms with Gasteiger partial charge < -0.3 is 14.4 Å². The highest BCUT2D eigenvalue weighted by molar-refractivity contribution is 5.87. The Morgan fingerprint density at radius 2 is 2.11 bits per heavy atom. The van der Waals surface area contributed by atoms with Gasteiger partial charge in [-0.05, 0) is 45.1 Å². The molecule has 1 aliphatic rings. The highest BCUT2D eigenvalue weighted by Gasteiger charge is 2.22. The molecule has 0 unspecified atom stereocenters. The van der Waals surface area contributed by atoms with E-state index in [-0.39, 0.29) is 0 Å². The van der Waals surface area contributed by atoms with Gasteiger partial charge >= 0.3 is 5.97 Å². The number of hydrogen-bond donors (Lipinski definition) is 1. The number of imidazole rings is 1. The standard InChI is InChI=1S/C14H17N3O2/c1-16-6-4-10(5-7-16)13-15-8-12-3-2-11(14(18)19)9-17(12)13/h2-3,8-10H,4-7H2,1H3,(H,18,19). The summed E-state index contributed by atoms with van der Waals surface area (Å²) in [6, 6.07) is 3.44. The zero-order chi connectivity index (χ0) is 13.4. The third kappa shape index (κ3) is 2.21. The molecule has 100 valence electrons. The monoisotopic (exact) mass is 259 g/mol. The van der Waals surface area contributed by atoms with Crippen molar-refractivity contribution in [1.29, 1.82) is 0 Å². The number of aromatic nitrogens is 2.